The van der Waals surface area contributed by atoms with Gasteiger partial charge >= 0.3 is 6.18 Å². The highest BCUT2D eigenvalue weighted by atomic mass is 19.4. The lowest BCUT2D eigenvalue weighted by Gasteiger charge is -2.38. The first kappa shape index (κ1) is 20.9. The molecule has 1 aromatic heterocycles. The van der Waals surface area contributed by atoms with Gasteiger partial charge in [-0.2, -0.15) is 13.2 Å². The summed E-state index contributed by atoms with van der Waals surface area (Å²) < 4.78 is 39.7. The summed E-state index contributed by atoms with van der Waals surface area (Å²) >= 11 is 0. The van der Waals surface area contributed by atoms with Crippen LogP contribution in [0, 0.1) is 11.8 Å². The number of nitrogens with one attached hydrogen (secondary N) is 2. The quantitative estimate of drug-likeness (QED) is 0.679. The molecule has 2 heterocycles. The summed E-state index contributed by atoms with van der Waals surface area (Å²) in [5.74, 6) is -0.165. The SMILES string of the molecule is CC(C1CC1)C1(N)N=C(c2cccc(C(F)(F)F)n2)NC(=NC2Cc3ccccc3C2)N1. The Morgan fingerprint density at radius 3 is 2.41 bits per heavy atom. The molecule has 2 atom stereocenters. The smallest absolute Gasteiger partial charge is 0.319 e. The molecule has 6 nitrogen and oxygen atoms in total. The third-order valence-corrected chi connectivity index (χ3v) is 6.50. The van der Waals surface area contributed by atoms with Crippen molar-refractivity contribution in [2.75, 3.05) is 0 Å². The lowest BCUT2D eigenvalue weighted by molar-refractivity contribution is -0.141. The molecule has 9 heteroatoms. The molecule has 3 aliphatic rings. The van der Waals surface area contributed by atoms with Crippen LogP contribution in [0.5, 0.6) is 0 Å². The Hall–Kier alpha value is -2.94. The Bertz CT molecular complexity index is 1070. The summed E-state index contributed by atoms with van der Waals surface area (Å²) in [6.45, 7) is 2.01. The van der Waals surface area contributed by atoms with Gasteiger partial charge in [0, 0.05) is 5.92 Å². The standard InChI is InChI=1S/C23H25F3N6/c1-13(14-9-10-14)23(27)31-20(18-7-4-8-19(29-18)22(24,25)26)30-21(32-23)28-17-11-15-5-2-3-6-16(15)12-17/h2-8,13-14,17H,9-12,27H2,1H3,(H2,28,30,31,32). The van der Waals surface area contributed by atoms with Crippen LogP contribution in [-0.2, 0) is 19.0 Å². The van der Waals surface area contributed by atoms with Gasteiger partial charge in [-0.25, -0.2) is 15.0 Å². The van der Waals surface area contributed by atoms with Gasteiger partial charge in [-0.15, -0.1) is 0 Å². The molecule has 2 unspecified atom stereocenters. The van der Waals surface area contributed by atoms with Crippen LogP contribution in [-0.4, -0.2) is 28.6 Å². The highest BCUT2D eigenvalue weighted by molar-refractivity contribution is 6.09. The van der Waals surface area contributed by atoms with Crippen molar-refractivity contribution in [3.63, 3.8) is 0 Å². The third-order valence-electron chi connectivity index (χ3n) is 6.50. The third kappa shape index (κ3) is 4.09. The number of hydrogen-bond acceptors (Lipinski definition) is 4. The first-order valence-electron chi connectivity index (χ1n) is 10.8. The topological polar surface area (TPSA) is 87.7 Å². The molecule has 5 rings (SSSR count). The number of nitrogens with two attached hydrogens (primary N) is 1. The van der Waals surface area contributed by atoms with Crippen LogP contribution in [0.2, 0.25) is 0 Å². The lowest BCUT2D eigenvalue weighted by Crippen LogP contribution is -2.67. The number of guanidine groups is 1. The summed E-state index contributed by atoms with van der Waals surface area (Å²) in [5, 5.41) is 6.28. The molecule has 32 heavy (non-hydrogen) atoms. The van der Waals surface area contributed by atoms with E-state index in [9.17, 15) is 13.2 Å². The number of hydrogen-bond donors (Lipinski definition) is 3. The number of amidine groups is 1. The molecule has 4 N–H and O–H groups in total. The van der Waals surface area contributed by atoms with Crippen molar-refractivity contribution in [3.8, 4) is 0 Å². The van der Waals surface area contributed by atoms with E-state index >= 15 is 0 Å². The second kappa shape index (κ2) is 7.58. The second-order valence-corrected chi connectivity index (χ2v) is 8.88. The van der Waals surface area contributed by atoms with Gasteiger partial charge in [-0.3, -0.25) is 5.73 Å². The Balaban J connectivity index is 1.48. The monoisotopic (exact) mass is 442 g/mol. The normalized spacial score (nSPS) is 25.7. The van der Waals surface area contributed by atoms with Crippen molar-refractivity contribution in [3.05, 3.63) is 65.0 Å². The fourth-order valence-corrected chi connectivity index (χ4v) is 4.47. The number of aromatic nitrogens is 1. The van der Waals surface area contributed by atoms with E-state index in [0.29, 0.717) is 11.9 Å². The van der Waals surface area contributed by atoms with Crippen LogP contribution in [0.15, 0.2) is 52.4 Å². The zero-order valence-electron chi connectivity index (χ0n) is 17.7. The highest BCUT2D eigenvalue weighted by Gasteiger charge is 2.45. The van der Waals surface area contributed by atoms with E-state index in [1.807, 2.05) is 19.1 Å². The number of fused-ring (bicyclic) bond motifs is 1. The molecular formula is C23H25F3N6. The van der Waals surface area contributed by atoms with Gasteiger partial charge in [0.2, 0.25) is 0 Å². The van der Waals surface area contributed by atoms with Gasteiger partial charge in [-0.1, -0.05) is 37.3 Å². The minimum Gasteiger partial charge on any atom is -0.319 e. The maximum Gasteiger partial charge on any atom is 0.433 e. The predicted molar refractivity (Wildman–Crippen MR) is 116 cm³/mol. The van der Waals surface area contributed by atoms with Crippen LogP contribution < -0.4 is 16.4 Å². The molecule has 1 aromatic carbocycles. The van der Waals surface area contributed by atoms with Gasteiger partial charge in [0.05, 0.1) is 6.04 Å². The van der Waals surface area contributed by atoms with Crippen molar-refractivity contribution in [1.82, 2.24) is 15.6 Å². The van der Waals surface area contributed by atoms with Crippen molar-refractivity contribution in [2.45, 2.75) is 50.6 Å². The largest absolute Gasteiger partial charge is 0.433 e. The number of benzene rings is 1. The number of halogens is 3. The molecule has 0 radical (unpaired) electrons. The maximum absolute atomic E-state index is 13.2. The molecule has 168 valence electrons. The summed E-state index contributed by atoms with van der Waals surface area (Å²) in [4.78, 5) is 13.2. The molecule has 0 amide bonds. The number of pyridine rings is 1. The maximum atomic E-state index is 13.2. The fraction of sp³-hybridized carbons (Fsp3) is 0.435. The van der Waals surface area contributed by atoms with Crippen LogP contribution >= 0.6 is 0 Å². The fourth-order valence-electron chi connectivity index (χ4n) is 4.47. The summed E-state index contributed by atoms with van der Waals surface area (Å²) in [6, 6.07) is 12.0. The van der Waals surface area contributed by atoms with Crippen LogP contribution in [0.25, 0.3) is 0 Å². The van der Waals surface area contributed by atoms with Gasteiger partial charge in [0.15, 0.2) is 17.6 Å². The Labute approximate surface area is 184 Å². The summed E-state index contributed by atoms with van der Waals surface area (Å²) in [6.07, 6.45) is -0.824. The van der Waals surface area contributed by atoms with E-state index in [0.717, 1.165) is 31.7 Å². The first-order valence-corrected chi connectivity index (χ1v) is 10.8. The van der Waals surface area contributed by atoms with E-state index < -0.39 is 17.7 Å². The average molecular weight is 442 g/mol. The minimum atomic E-state index is -4.54. The van der Waals surface area contributed by atoms with Crippen LogP contribution in [0.3, 0.4) is 0 Å². The Morgan fingerprint density at radius 2 is 1.78 bits per heavy atom. The molecule has 0 bridgehead atoms. The zero-order chi connectivity index (χ0) is 22.5. The van der Waals surface area contributed by atoms with Gasteiger partial charge in [0.25, 0.3) is 0 Å². The van der Waals surface area contributed by atoms with Gasteiger partial charge in [0.1, 0.15) is 11.4 Å². The Morgan fingerprint density at radius 1 is 1.09 bits per heavy atom. The predicted octanol–water partition coefficient (Wildman–Crippen LogP) is 3.22. The second-order valence-electron chi connectivity index (χ2n) is 8.88. The van der Waals surface area contributed by atoms with Crippen LogP contribution in [0.4, 0.5) is 13.2 Å². The molecular weight excluding hydrogens is 417 g/mol. The molecule has 2 aliphatic carbocycles. The molecule has 2 aromatic rings. The lowest BCUT2D eigenvalue weighted by atomic mass is 9.97. The average Bonchev–Trinajstić information content (AvgIpc) is 3.52. The van der Waals surface area contributed by atoms with Crippen molar-refractivity contribution < 1.29 is 13.2 Å². The van der Waals surface area contributed by atoms with Crippen molar-refractivity contribution >= 4 is 11.8 Å². The minimum absolute atomic E-state index is 0.0108. The number of nitrogens with zero attached hydrogens (tertiary/aromatic N) is 3. The van der Waals surface area contributed by atoms with E-state index in [-0.39, 0.29) is 23.5 Å². The first-order chi connectivity index (χ1) is 15.2. The van der Waals surface area contributed by atoms with Crippen molar-refractivity contribution in [1.29, 1.82) is 0 Å². The summed E-state index contributed by atoms with van der Waals surface area (Å²) in [7, 11) is 0. The summed E-state index contributed by atoms with van der Waals surface area (Å²) in [5.41, 5.74) is 8.31. The number of rotatable bonds is 4. The number of aliphatic imine (C=N–C) groups is 2. The van der Waals surface area contributed by atoms with Gasteiger partial charge < -0.3 is 10.6 Å². The molecule has 1 saturated carbocycles. The van der Waals surface area contributed by atoms with Crippen molar-refractivity contribution in [2.24, 2.45) is 27.6 Å². The van der Waals surface area contributed by atoms with E-state index in [2.05, 4.69) is 32.7 Å². The number of alkyl halides is 3. The van der Waals surface area contributed by atoms with E-state index in [1.165, 1.54) is 23.3 Å². The van der Waals surface area contributed by atoms with E-state index in [1.54, 1.807) is 0 Å². The van der Waals surface area contributed by atoms with Gasteiger partial charge in [-0.05, 0) is 54.9 Å². The van der Waals surface area contributed by atoms with E-state index in [4.69, 9.17) is 10.7 Å². The molecule has 1 aliphatic heterocycles. The van der Waals surface area contributed by atoms with Crippen LogP contribution in [0.1, 0.15) is 42.3 Å². The molecule has 1 fully saturated rings. The zero-order valence-corrected chi connectivity index (χ0v) is 17.7. The Kier molecular flexibility index (Phi) is 4.96. The highest BCUT2D eigenvalue weighted by Crippen LogP contribution is 2.41. The molecule has 0 saturated heterocycles. The molecule has 0 spiro atoms.